The van der Waals surface area contributed by atoms with E-state index in [1.165, 1.54) is 18.5 Å². The van der Waals surface area contributed by atoms with Crippen LogP contribution in [0.25, 0.3) is 0 Å². The second-order valence-corrected chi connectivity index (χ2v) is 1.78. The van der Waals surface area contributed by atoms with E-state index >= 15 is 0 Å². The van der Waals surface area contributed by atoms with Crippen molar-refractivity contribution in [1.82, 2.24) is 4.98 Å². The number of alkyl halides is 1. The van der Waals surface area contributed by atoms with Gasteiger partial charge >= 0.3 is 0 Å². The van der Waals surface area contributed by atoms with Crippen molar-refractivity contribution in [3.63, 3.8) is 0 Å². The van der Waals surface area contributed by atoms with E-state index in [1.54, 1.807) is 0 Å². The van der Waals surface area contributed by atoms with Crippen LogP contribution in [0.15, 0.2) is 18.5 Å². The zero-order chi connectivity index (χ0) is 7.40. The van der Waals surface area contributed by atoms with Gasteiger partial charge in [0.15, 0.2) is 0 Å². The Hall–Kier alpha value is -1.43. The molecule has 0 saturated carbocycles. The van der Waals surface area contributed by atoms with Gasteiger partial charge in [0.1, 0.15) is 12.7 Å². The third kappa shape index (κ3) is 1.11. The van der Waals surface area contributed by atoms with Crippen molar-refractivity contribution < 1.29 is 4.39 Å². The number of rotatable bonds is 1. The summed E-state index contributed by atoms with van der Waals surface area (Å²) in [5, 5.41) is 8.39. The van der Waals surface area contributed by atoms with Gasteiger partial charge in [-0.2, -0.15) is 5.26 Å². The minimum absolute atomic E-state index is 0.310. The van der Waals surface area contributed by atoms with Gasteiger partial charge < -0.3 is 0 Å². The summed E-state index contributed by atoms with van der Waals surface area (Å²) in [7, 11) is 0. The van der Waals surface area contributed by atoms with Crippen LogP contribution in [0.4, 0.5) is 4.39 Å². The maximum Gasteiger partial charge on any atom is 0.116 e. The molecule has 0 unspecified atom stereocenters. The van der Waals surface area contributed by atoms with Crippen LogP contribution in [0, 0.1) is 11.3 Å². The molecule has 0 N–H and O–H groups in total. The van der Waals surface area contributed by atoms with Crippen molar-refractivity contribution in [2.75, 3.05) is 0 Å². The van der Waals surface area contributed by atoms with Crippen LogP contribution in [-0.4, -0.2) is 4.98 Å². The Balaban J connectivity index is 3.12. The molecular weight excluding hydrogens is 131 g/mol. The first kappa shape index (κ1) is 6.69. The van der Waals surface area contributed by atoms with E-state index < -0.39 is 6.67 Å². The van der Waals surface area contributed by atoms with Gasteiger partial charge in [0.25, 0.3) is 0 Å². The van der Waals surface area contributed by atoms with E-state index in [0.29, 0.717) is 11.1 Å². The lowest BCUT2D eigenvalue weighted by atomic mass is 10.2. The summed E-state index contributed by atoms with van der Waals surface area (Å²) in [5.41, 5.74) is 0.711. The fraction of sp³-hybridized carbons (Fsp3) is 0.143. The quantitative estimate of drug-likeness (QED) is 0.585. The zero-order valence-electron chi connectivity index (χ0n) is 5.21. The fourth-order valence-corrected chi connectivity index (χ4v) is 0.640. The molecule has 1 aromatic rings. The standard InChI is InChI=1S/C7H5FN2/c8-3-6-1-2-10-5-7(6)4-9/h1-2,5H,3H2. The highest BCUT2D eigenvalue weighted by atomic mass is 19.1. The van der Waals surface area contributed by atoms with Crippen molar-refractivity contribution in [1.29, 1.82) is 5.26 Å². The van der Waals surface area contributed by atoms with Crippen LogP contribution in [-0.2, 0) is 6.67 Å². The lowest BCUT2D eigenvalue weighted by molar-refractivity contribution is 0.484. The third-order valence-electron chi connectivity index (χ3n) is 1.18. The Morgan fingerprint density at radius 3 is 3.00 bits per heavy atom. The van der Waals surface area contributed by atoms with E-state index in [4.69, 9.17) is 5.26 Å². The average molecular weight is 136 g/mol. The number of pyridine rings is 1. The normalized spacial score (nSPS) is 8.80. The molecule has 1 heterocycles. The molecule has 3 heteroatoms. The molecular formula is C7H5FN2. The maximum atomic E-state index is 12.0. The molecule has 0 bridgehead atoms. The largest absolute Gasteiger partial charge is 0.263 e. The van der Waals surface area contributed by atoms with Crippen LogP contribution in [0.2, 0.25) is 0 Å². The minimum Gasteiger partial charge on any atom is -0.263 e. The van der Waals surface area contributed by atoms with Gasteiger partial charge in [-0.15, -0.1) is 0 Å². The average Bonchev–Trinajstić information content (AvgIpc) is 2.04. The van der Waals surface area contributed by atoms with Crippen LogP contribution in [0.3, 0.4) is 0 Å². The third-order valence-corrected chi connectivity index (χ3v) is 1.18. The molecule has 0 aliphatic rings. The summed E-state index contributed by atoms with van der Waals surface area (Å²) in [5.74, 6) is 0. The molecule has 10 heavy (non-hydrogen) atoms. The molecule has 0 atom stereocenters. The number of nitrogens with zero attached hydrogens (tertiary/aromatic N) is 2. The van der Waals surface area contributed by atoms with Crippen molar-refractivity contribution in [3.8, 4) is 6.07 Å². The Kier molecular flexibility index (Phi) is 1.96. The van der Waals surface area contributed by atoms with Crippen LogP contribution >= 0.6 is 0 Å². The number of aromatic nitrogens is 1. The van der Waals surface area contributed by atoms with Crippen molar-refractivity contribution >= 4 is 0 Å². The zero-order valence-corrected chi connectivity index (χ0v) is 5.21. The molecule has 0 aliphatic carbocycles. The summed E-state index contributed by atoms with van der Waals surface area (Å²) in [6.45, 7) is -0.606. The van der Waals surface area contributed by atoms with Gasteiger partial charge in [-0.1, -0.05) is 0 Å². The van der Waals surface area contributed by atoms with Gasteiger partial charge in [-0.05, 0) is 6.07 Å². The molecule has 0 aromatic carbocycles. The molecule has 1 rings (SSSR count). The van der Waals surface area contributed by atoms with Gasteiger partial charge in [0, 0.05) is 18.0 Å². The molecule has 0 spiro atoms. The highest BCUT2D eigenvalue weighted by molar-refractivity contribution is 5.33. The van der Waals surface area contributed by atoms with Gasteiger partial charge in [0.2, 0.25) is 0 Å². The summed E-state index contributed by atoms with van der Waals surface area (Å²) in [4.78, 5) is 3.67. The first-order valence-electron chi connectivity index (χ1n) is 2.77. The van der Waals surface area contributed by atoms with Crippen molar-refractivity contribution in [2.24, 2.45) is 0 Å². The van der Waals surface area contributed by atoms with Crippen LogP contribution in [0.5, 0.6) is 0 Å². The monoisotopic (exact) mass is 136 g/mol. The molecule has 0 fully saturated rings. The lowest BCUT2D eigenvalue weighted by Crippen LogP contribution is -1.86. The second-order valence-electron chi connectivity index (χ2n) is 1.78. The molecule has 0 radical (unpaired) electrons. The van der Waals surface area contributed by atoms with E-state index in [2.05, 4.69) is 4.98 Å². The van der Waals surface area contributed by atoms with E-state index in [1.807, 2.05) is 6.07 Å². The Morgan fingerprint density at radius 2 is 2.50 bits per heavy atom. The SMILES string of the molecule is N#Cc1cnccc1CF. The summed E-state index contributed by atoms with van der Waals surface area (Å²) < 4.78 is 12.0. The second kappa shape index (κ2) is 2.92. The maximum absolute atomic E-state index is 12.0. The molecule has 0 amide bonds. The summed E-state index contributed by atoms with van der Waals surface area (Å²) >= 11 is 0. The van der Waals surface area contributed by atoms with Gasteiger partial charge in [0.05, 0.1) is 5.56 Å². The highest BCUT2D eigenvalue weighted by Gasteiger charge is 1.97. The predicted octanol–water partition coefficient (Wildman–Crippen LogP) is 1.42. The predicted molar refractivity (Wildman–Crippen MR) is 33.8 cm³/mol. The van der Waals surface area contributed by atoms with Crippen LogP contribution in [0.1, 0.15) is 11.1 Å². The van der Waals surface area contributed by atoms with Crippen molar-refractivity contribution in [2.45, 2.75) is 6.67 Å². The van der Waals surface area contributed by atoms with Gasteiger partial charge in [-0.25, -0.2) is 4.39 Å². The summed E-state index contributed by atoms with van der Waals surface area (Å²) in [6.07, 6.45) is 2.82. The van der Waals surface area contributed by atoms with Crippen molar-refractivity contribution in [3.05, 3.63) is 29.6 Å². The Labute approximate surface area is 57.9 Å². The molecule has 0 aliphatic heterocycles. The Morgan fingerprint density at radius 1 is 1.70 bits per heavy atom. The first-order valence-corrected chi connectivity index (χ1v) is 2.77. The van der Waals surface area contributed by atoms with Crippen LogP contribution < -0.4 is 0 Å². The van der Waals surface area contributed by atoms with Gasteiger partial charge in [-0.3, -0.25) is 4.98 Å². The lowest BCUT2D eigenvalue weighted by Gasteiger charge is -1.93. The number of hydrogen-bond acceptors (Lipinski definition) is 2. The number of hydrogen-bond donors (Lipinski definition) is 0. The molecule has 1 aromatic heterocycles. The van der Waals surface area contributed by atoms with E-state index in [0.717, 1.165) is 0 Å². The fourth-order valence-electron chi connectivity index (χ4n) is 0.640. The smallest absolute Gasteiger partial charge is 0.116 e. The Bertz CT molecular complexity index is 265. The minimum atomic E-state index is -0.606. The topological polar surface area (TPSA) is 36.7 Å². The van der Waals surface area contributed by atoms with E-state index in [-0.39, 0.29) is 0 Å². The molecule has 50 valence electrons. The highest BCUT2D eigenvalue weighted by Crippen LogP contribution is 2.05. The molecule has 2 nitrogen and oxygen atoms in total. The number of halogens is 1. The van der Waals surface area contributed by atoms with E-state index in [9.17, 15) is 4.39 Å². The first-order chi connectivity index (χ1) is 4.88. The number of nitriles is 1. The molecule has 0 saturated heterocycles. The summed E-state index contributed by atoms with van der Waals surface area (Å²) in [6, 6.07) is 3.34.